The van der Waals surface area contributed by atoms with Gasteiger partial charge in [-0.05, 0) is 23.1 Å². The monoisotopic (exact) mass is 297 g/mol. The number of nitrogen functional groups attached to an aromatic ring is 1. The van der Waals surface area contributed by atoms with Gasteiger partial charge in [-0.1, -0.05) is 32.9 Å². The normalized spacial score (nSPS) is 11.0. The summed E-state index contributed by atoms with van der Waals surface area (Å²) in [6.45, 7) is 6.33. The van der Waals surface area contributed by atoms with E-state index in [0.717, 1.165) is 11.3 Å². The van der Waals surface area contributed by atoms with Crippen LogP contribution in [0.15, 0.2) is 30.5 Å². The van der Waals surface area contributed by atoms with Crippen LogP contribution in [0.5, 0.6) is 0 Å². The Morgan fingerprint density at radius 2 is 2.05 bits per heavy atom. The number of hydrogen-bond acceptors (Lipinski definition) is 4. The molecule has 5 nitrogen and oxygen atoms in total. The Labute approximate surface area is 129 Å². The molecule has 0 spiro atoms. The Hall–Kier alpha value is -2.74. The van der Waals surface area contributed by atoms with Crippen molar-refractivity contribution in [2.75, 3.05) is 12.8 Å². The molecule has 0 aliphatic carbocycles. The molecular weight excluding hydrogens is 278 g/mol. The third-order valence-electron chi connectivity index (χ3n) is 3.53. The maximum absolute atomic E-state index is 12.0. The number of nitrogens with zero attached hydrogens (tertiary/aromatic N) is 2. The highest BCUT2D eigenvalue weighted by atomic mass is 16.5. The predicted molar refractivity (Wildman–Crippen MR) is 84.9 cm³/mol. The summed E-state index contributed by atoms with van der Waals surface area (Å²) in [6.07, 6.45) is 1.56. The molecule has 2 aromatic rings. The third kappa shape index (κ3) is 2.68. The van der Waals surface area contributed by atoms with Crippen LogP contribution in [-0.4, -0.2) is 17.6 Å². The van der Waals surface area contributed by atoms with Gasteiger partial charge in [-0.25, -0.2) is 4.79 Å². The lowest BCUT2D eigenvalue weighted by Gasteiger charge is -2.20. The van der Waals surface area contributed by atoms with Gasteiger partial charge < -0.3 is 15.0 Å². The molecule has 2 N–H and O–H groups in total. The van der Waals surface area contributed by atoms with E-state index in [4.69, 9.17) is 15.7 Å². The predicted octanol–water partition coefficient (Wildman–Crippen LogP) is 3.02. The second-order valence-electron chi connectivity index (χ2n) is 6.08. The van der Waals surface area contributed by atoms with E-state index in [1.165, 1.54) is 7.11 Å². The van der Waals surface area contributed by atoms with Crippen LogP contribution in [0.4, 0.5) is 5.69 Å². The Morgan fingerprint density at radius 3 is 2.59 bits per heavy atom. The van der Waals surface area contributed by atoms with Crippen LogP contribution in [0.1, 0.15) is 42.4 Å². The van der Waals surface area contributed by atoms with E-state index in [1.54, 1.807) is 10.8 Å². The van der Waals surface area contributed by atoms with Crippen molar-refractivity contribution in [3.8, 4) is 11.8 Å². The molecule has 5 heteroatoms. The number of carbonyl (C=O) groups is 1. The third-order valence-corrected chi connectivity index (χ3v) is 3.53. The summed E-state index contributed by atoms with van der Waals surface area (Å²) in [4.78, 5) is 12.0. The van der Waals surface area contributed by atoms with Crippen molar-refractivity contribution in [2.45, 2.75) is 26.2 Å². The van der Waals surface area contributed by atoms with Crippen LogP contribution in [-0.2, 0) is 10.2 Å². The van der Waals surface area contributed by atoms with Gasteiger partial charge in [-0.15, -0.1) is 0 Å². The number of anilines is 1. The molecule has 0 saturated heterocycles. The van der Waals surface area contributed by atoms with E-state index in [-0.39, 0.29) is 22.4 Å². The SMILES string of the molecule is COC(=O)c1c(N)c(C#N)cn1-c1cccc(C(C)(C)C)c1. The van der Waals surface area contributed by atoms with Crippen molar-refractivity contribution in [1.29, 1.82) is 5.26 Å². The lowest BCUT2D eigenvalue weighted by molar-refractivity contribution is 0.0593. The van der Waals surface area contributed by atoms with Crippen LogP contribution in [0, 0.1) is 11.3 Å². The topological polar surface area (TPSA) is 81.0 Å². The standard InChI is InChI=1S/C17H19N3O2/c1-17(2,3)12-6-5-7-13(8-12)20-10-11(9-18)14(19)15(20)16(21)22-4/h5-8,10H,19H2,1-4H3. The highest BCUT2D eigenvalue weighted by Gasteiger charge is 2.22. The van der Waals surface area contributed by atoms with E-state index in [2.05, 4.69) is 20.8 Å². The first-order valence-corrected chi connectivity index (χ1v) is 6.89. The van der Waals surface area contributed by atoms with E-state index in [1.807, 2.05) is 30.3 Å². The van der Waals surface area contributed by atoms with E-state index >= 15 is 0 Å². The van der Waals surface area contributed by atoms with E-state index in [9.17, 15) is 4.79 Å². The summed E-state index contributed by atoms with van der Waals surface area (Å²) in [5.74, 6) is -0.569. The molecule has 0 radical (unpaired) electrons. The molecular formula is C17H19N3O2. The largest absolute Gasteiger partial charge is 0.464 e. The Morgan fingerprint density at radius 1 is 1.36 bits per heavy atom. The summed E-state index contributed by atoms with van der Waals surface area (Å²) in [7, 11) is 1.29. The van der Waals surface area contributed by atoms with Gasteiger partial charge in [-0.2, -0.15) is 5.26 Å². The van der Waals surface area contributed by atoms with E-state index < -0.39 is 5.97 Å². The molecule has 0 aliphatic heterocycles. The average molecular weight is 297 g/mol. The van der Waals surface area contributed by atoms with Crippen molar-refractivity contribution in [1.82, 2.24) is 4.57 Å². The van der Waals surface area contributed by atoms with Crippen molar-refractivity contribution >= 4 is 11.7 Å². The molecule has 1 heterocycles. The zero-order valence-corrected chi connectivity index (χ0v) is 13.2. The molecule has 1 aromatic heterocycles. The van der Waals surface area contributed by atoms with Crippen molar-refractivity contribution in [3.05, 3.63) is 47.3 Å². The zero-order chi connectivity index (χ0) is 16.5. The second-order valence-corrected chi connectivity index (χ2v) is 6.08. The molecule has 0 atom stereocenters. The van der Waals surface area contributed by atoms with Gasteiger partial charge in [0.1, 0.15) is 6.07 Å². The number of rotatable bonds is 2. The number of carbonyl (C=O) groups excluding carboxylic acids is 1. The number of hydrogen-bond donors (Lipinski definition) is 1. The number of ether oxygens (including phenoxy) is 1. The minimum atomic E-state index is -0.569. The molecule has 0 amide bonds. The van der Waals surface area contributed by atoms with Gasteiger partial charge in [0.05, 0.1) is 18.4 Å². The molecule has 114 valence electrons. The summed E-state index contributed by atoms with van der Waals surface area (Å²) in [5, 5.41) is 9.15. The number of nitrogens with two attached hydrogens (primary N) is 1. The van der Waals surface area contributed by atoms with Gasteiger partial charge in [0, 0.05) is 11.9 Å². The van der Waals surface area contributed by atoms with Gasteiger partial charge in [0.25, 0.3) is 0 Å². The van der Waals surface area contributed by atoms with Crippen LogP contribution in [0.3, 0.4) is 0 Å². The fourth-order valence-corrected chi connectivity index (χ4v) is 2.24. The van der Waals surface area contributed by atoms with Crippen molar-refractivity contribution in [2.24, 2.45) is 0 Å². The van der Waals surface area contributed by atoms with Crippen LogP contribution in [0.25, 0.3) is 5.69 Å². The van der Waals surface area contributed by atoms with Crippen LogP contribution in [0.2, 0.25) is 0 Å². The summed E-state index contributed by atoms with van der Waals surface area (Å²) >= 11 is 0. The Bertz CT molecular complexity index is 761. The Balaban J connectivity index is 2.68. The quantitative estimate of drug-likeness (QED) is 0.864. The molecule has 0 saturated carbocycles. The maximum atomic E-state index is 12.0. The average Bonchev–Trinajstić information content (AvgIpc) is 2.82. The number of aromatic nitrogens is 1. The molecule has 0 unspecified atom stereocenters. The van der Waals surface area contributed by atoms with Gasteiger partial charge in [-0.3, -0.25) is 0 Å². The summed E-state index contributed by atoms with van der Waals surface area (Å²) in [5.41, 5.74) is 8.32. The van der Waals surface area contributed by atoms with Gasteiger partial charge in [0.2, 0.25) is 0 Å². The molecule has 2 rings (SSSR count). The lowest BCUT2D eigenvalue weighted by atomic mass is 9.87. The summed E-state index contributed by atoms with van der Waals surface area (Å²) < 4.78 is 6.39. The minimum absolute atomic E-state index is 0.0296. The fourth-order valence-electron chi connectivity index (χ4n) is 2.24. The summed E-state index contributed by atoms with van der Waals surface area (Å²) in [6, 6.07) is 9.78. The number of methoxy groups -OCH3 is 1. The van der Waals surface area contributed by atoms with Gasteiger partial charge in [0.15, 0.2) is 5.69 Å². The highest BCUT2D eigenvalue weighted by Crippen LogP contribution is 2.28. The second kappa shape index (κ2) is 5.57. The lowest BCUT2D eigenvalue weighted by Crippen LogP contribution is -2.13. The van der Waals surface area contributed by atoms with Crippen LogP contribution >= 0.6 is 0 Å². The number of benzene rings is 1. The highest BCUT2D eigenvalue weighted by molar-refractivity contribution is 5.95. The maximum Gasteiger partial charge on any atom is 0.357 e. The first-order chi connectivity index (χ1) is 10.3. The molecule has 0 bridgehead atoms. The van der Waals surface area contributed by atoms with Crippen LogP contribution < -0.4 is 5.73 Å². The van der Waals surface area contributed by atoms with Gasteiger partial charge >= 0.3 is 5.97 Å². The zero-order valence-electron chi connectivity index (χ0n) is 13.2. The molecule has 0 fully saturated rings. The molecule has 0 aliphatic rings. The minimum Gasteiger partial charge on any atom is -0.464 e. The fraction of sp³-hybridized carbons (Fsp3) is 0.294. The first kappa shape index (κ1) is 15.6. The van der Waals surface area contributed by atoms with Crippen molar-refractivity contribution < 1.29 is 9.53 Å². The first-order valence-electron chi connectivity index (χ1n) is 6.89. The Kier molecular flexibility index (Phi) is 3.96. The molecule has 1 aromatic carbocycles. The number of nitriles is 1. The van der Waals surface area contributed by atoms with Crippen molar-refractivity contribution in [3.63, 3.8) is 0 Å². The molecule has 22 heavy (non-hydrogen) atoms. The van der Waals surface area contributed by atoms with E-state index in [0.29, 0.717) is 0 Å². The number of esters is 1. The smallest absolute Gasteiger partial charge is 0.357 e.